The number of aryl methyl sites for hydroxylation is 1. The van der Waals surface area contributed by atoms with E-state index in [2.05, 4.69) is 15.6 Å². The van der Waals surface area contributed by atoms with E-state index in [0.717, 1.165) is 12.1 Å². The smallest absolute Gasteiger partial charge is 0.272 e. The molecule has 0 fully saturated rings. The van der Waals surface area contributed by atoms with Gasteiger partial charge < -0.3 is 10.2 Å². The van der Waals surface area contributed by atoms with E-state index >= 15 is 0 Å². The molecular formula is C16H17FN4O2. The van der Waals surface area contributed by atoms with Gasteiger partial charge in [0.05, 0.1) is 5.71 Å². The number of rotatable bonds is 4. The fraction of sp³-hybridized carbons (Fsp3) is 0.312. The Morgan fingerprint density at radius 1 is 1.39 bits per heavy atom. The lowest BCUT2D eigenvalue weighted by Crippen LogP contribution is -2.40. The third kappa shape index (κ3) is 3.08. The van der Waals surface area contributed by atoms with E-state index in [1.54, 1.807) is 36.0 Å². The highest BCUT2D eigenvalue weighted by atomic mass is 19.1. The minimum atomic E-state index is -1.11. The number of nitrogens with one attached hydrogen (secondary N) is 1. The summed E-state index contributed by atoms with van der Waals surface area (Å²) in [5.74, 6) is -0.170. The number of hydrogen-bond acceptors (Lipinski definition) is 4. The lowest BCUT2D eigenvalue weighted by molar-refractivity contribution is -0.135. The molecule has 120 valence electrons. The number of halogens is 1. The Labute approximate surface area is 132 Å². The summed E-state index contributed by atoms with van der Waals surface area (Å²) in [6.07, 6.45) is 2.09. The predicted molar refractivity (Wildman–Crippen MR) is 83.6 cm³/mol. The fourth-order valence-electron chi connectivity index (χ4n) is 2.31. The van der Waals surface area contributed by atoms with Gasteiger partial charge in [0.15, 0.2) is 5.82 Å². The van der Waals surface area contributed by atoms with Crippen LogP contribution in [-0.4, -0.2) is 27.0 Å². The predicted octanol–water partition coefficient (Wildman–Crippen LogP) is 2.56. The highest BCUT2D eigenvalue weighted by Gasteiger charge is 2.42. The molecule has 0 unspecified atom stereocenters. The topological polar surface area (TPSA) is 68.5 Å². The van der Waals surface area contributed by atoms with Gasteiger partial charge in [0.1, 0.15) is 5.82 Å². The molecule has 1 aromatic heterocycles. The van der Waals surface area contributed by atoms with Crippen LogP contribution in [0.5, 0.6) is 0 Å². The number of aromatic nitrogens is 2. The lowest BCUT2D eigenvalue weighted by atomic mass is 9.95. The van der Waals surface area contributed by atoms with E-state index in [9.17, 15) is 9.18 Å². The van der Waals surface area contributed by atoms with E-state index in [1.165, 1.54) is 12.1 Å². The Bertz CT molecular complexity index is 754. The molecule has 0 saturated carbocycles. The van der Waals surface area contributed by atoms with Gasteiger partial charge in [-0.15, -0.1) is 0 Å². The second-order valence-electron chi connectivity index (χ2n) is 5.55. The highest BCUT2D eigenvalue weighted by Crippen LogP contribution is 2.28. The molecule has 1 amide bonds. The number of amides is 1. The first-order valence-corrected chi connectivity index (χ1v) is 7.36. The van der Waals surface area contributed by atoms with Crippen molar-refractivity contribution in [3.8, 4) is 0 Å². The minimum Gasteiger partial charge on any atom is -0.379 e. The van der Waals surface area contributed by atoms with Crippen molar-refractivity contribution in [1.29, 1.82) is 0 Å². The van der Waals surface area contributed by atoms with Gasteiger partial charge in [0, 0.05) is 25.2 Å². The second kappa shape index (κ2) is 5.83. The average molecular weight is 316 g/mol. The van der Waals surface area contributed by atoms with Crippen LogP contribution >= 0.6 is 0 Å². The molecule has 1 aliphatic rings. The highest BCUT2D eigenvalue weighted by molar-refractivity contribution is 6.07. The van der Waals surface area contributed by atoms with Crippen LogP contribution in [-0.2, 0) is 16.2 Å². The number of carbonyl (C=O) groups excluding carboxylic acids is 1. The van der Waals surface area contributed by atoms with Crippen LogP contribution in [0.1, 0.15) is 25.8 Å². The third-order valence-electron chi connectivity index (χ3n) is 3.73. The van der Waals surface area contributed by atoms with Gasteiger partial charge >= 0.3 is 0 Å². The summed E-state index contributed by atoms with van der Waals surface area (Å²) in [5, 5.41) is 10.9. The molecule has 2 aromatic rings. The molecule has 1 aromatic carbocycles. The summed E-state index contributed by atoms with van der Waals surface area (Å²) in [7, 11) is 0. The van der Waals surface area contributed by atoms with Crippen LogP contribution in [0.3, 0.4) is 0 Å². The van der Waals surface area contributed by atoms with Crippen molar-refractivity contribution in [2.75, 3.05) is 5.32 Å². The Hall–Kier alpha value is -2.70. The zero-order chi connectivity index (χ0) is 16.4. The van der Waals surface area contributed by atoms with Crippen molar-refractivity contribution >= 4 is 17.4 Å². The maximum absolute atomic E-state index is 13.0. The van der Waals surface area contributed by atoms with E-state index in [4.69, 9.17) is 4.84 Å². The first-order valence-electron chi connectivity index (χ1n) is 7.36. The van der Waals surface area contributed by atoms with Crippen LogP contribution in [0.15, 0.2) is 41.7 Å². The van der Waals surface area contributed by atoms with Gasteiger partial charge in [-0.3, -0.25) is 9.48 Å². The van der Waals surface area contributed by atoms with Crippen LogP contribution in [0.4, 0.5) is 10.2 Å². The van der Waals surface area contributed by atoms with Gasteiger partial charge in [-0.1, -0.05) is 17.3 Å². The van der Waals surface area contributed by atoms with Gasteiger partial charge in [-0.05, 0) is 31.5 Å². The first kappa shape index (κ1) is 15.2. The Morgan fingerprint density at radius 2 is 2.13 bits per heavy atom. The summed E-state index contributed by atoms with van der Waals surface area (Å²) in [4.78, 5) is 17.8. The summed E-state index contributed by atoms with van der Waals surface area (Å²) in [5.41, 5.74) is 0.236. The third-order valence-corrected chi connectivity index (χ3v) is 3.73. The Balaban J connectivity index is 1.69. The van der Waals surface area contributed by atoms with Gasteiger partial charge in [0.25, 0.3) is 5.91 Å². The van der Waals surface area contributed by atoms with E-state index in [0.29, 0.717) is 18.0 Å². The number of nitrogens with zero attached hydrogens (tertiary/aromatic N) is 3. The molecule has 0 radical (unpaired) electrons. The molecule has 7 heteroatoms. The van der Waals surface area contributed by atoms with Gasteiger partial charge in [-0.2, -0.15) is 5.10 Å². The molecule has 0 aliphatic carbocycles. The Morgan fingerprint density at radius 3 is 2.78 bits per heavy atom. The number of carbonyl (C=O) groups is 1. The maximum Gasteiger partial charge on any atom is 0.272 e. The summed E-state index contributed by atoms with van der Waals surface area (Å²) < 4.78 is 14.7. The molecule has 1 aliphatic heterocycles. The normalized spacial score (nSPS) is 20.0. The zero-order valence-electron chi connectivity index (χ0n) is 12.9. The fourth-order valence-corrected chi connectivity index (χ4v) is 2.31. The molecule has 0 spiro atoms. The molecule has 0 bridgehead atoms. The van der Waals surface area contributed by atoms with Crippen molar-refractivity contribution in [1.82, 2.24) is 9.78 Å². The lowest BCUT2D eigenvalue weighted by Gasteiger charge is -2.19. The van der Waals surface area contributed by atoms with Gasteiger partial charge in [0.2, 0.25) is 5.60 Å². The molecule has 1 atom stereocenters. The van der Waals surface area contributed by atoms with Crippen molar-refractivity contribution < 1.29 is 14.0 Å². The SMILES string of the molecule is CCn1ccc(NC(=O)[C@]2(C)CC(c3ccc(F)cc3)=NO2)n1. The summed E-state index contributed by atoms with van der Waals surface area (Å²) in [6, 6.07) is 7.66. The molecule has 1 N–H and O–H groups in total. The zero-order valence-corrected chi connectivity index (χ0v) is 12.9. The molecule has 6 nitrogen and oxygen atoms in total. The molecular weight excluding hydrogens is 299 g/mol. The maximum atomic E-state index is 13.0. The van der Waals surface area contributed by atoms with E-state index in [1.807, 2.05) is 6.92 Å². The van der Waals surface area contributed by atoms with Crippen molar-refractivity contribution in [2.45, 2.75) is 32.4 Å². The number of anilines is 1. The molecule has 23 heavy (non-hydrogen) atoms. The monoisotopic (exact) mass is 316 g/mol. The average Bonchev–Trinajstić information content (AvgIpc) is 3.15. The number of hydrogen-bond donors (Lipinski definition) is 1. The van der Waals surface area contributed by atoms with Crippen molar-refractivity contribution in [3.05, 3.63) is 47.9 Å². The summed E-state index contributed by atoms with van der Waals surface area (Å²) >= 11 is 0. The van der Waals surface area contributed by atoms with Crippen molar-refractivity contribution in [3.63, 3.8) is 0 Å². The van der Waals surface area contributed by atoms with E-state index < -0.39 is 5.60 Å². The quantitative estimate of drug-likeness (QED) is 0.942. The van der Waals surface area contributed by atoms with Crippen LogP contribution < -0.4 is 5.32 Å². The standard InChI is InChI=1S/C16H17FN4O2/c1-3-21-9-8-14(19-21)18-15(22)16(2)10-13(20-23-16)11-4-6-12(17)7-5-11/h4-9H,3,10H2,1-2H3,(H,18,19,22)/t16-/m0/s1. The number of oxime groups is 1. The molecule has 0 saturated heterocycles. The number of benzene rings is 1. The molecule has 2 heterocycles. The molecule has 3 rings (SSSR count). The van der Waals surface area contributed by atoms with E-state index in [-0.39, 0.29) is 11.7 Å². The summed E-state index contributed by atoms with van der Waals surface area (Å²) in [6.45, 7) is 4.35. The van der Waals surface area contributed by atoms with Crippen molar-refractivity contribution in [2.24, 2.45) is 5.16 Å². The minimum absolute atomic E-state index is 0.305. The second-order valence-corrected chi connectivity index (χ2v) is 5.55. The van der Waals surface area contributed by atoms with Crippen LogP contribution in [0, 0.1) is 5.82 Å². The Kier molecular flexibility index (Phi) is 3.85. The van der Waals surface area contributed by atoms with Gasteiger partial charge in [-0.25, -0.2) is 4.39 Å². The van der Waals surface area contributed by atoms with Crippen LogP contribution in [0.2, 0.25) is 0 Å². The first-order chi connectivity index (χ1) is 11.0. The largest absolute Gasteiger partial charge is 0.379 e. The van der Waals surface area contributed by atoms with Crippen LogP contribution in [0.25, 0.3) is 0 Å².